The normalized spacial score (nSPS) is 33.2. The summed E-state index contributed by atoms with van der Waals surface area (Å²) in [6.07, 6.45) is 6.97. The molecule has 0 aromatic heterocycles. The quantitative estimate of drug-likeness (QED) is 0.924. The van der Waals surface area contributed by atoms with Gasteiger partial charge in [0.05, 0.1) is 12.7 Å². The SMILES string of the molecule is Clc1ccc([C@H]2CN3C[C@@H](NC4CCCC4)C[C@H]3CO2)cc1. The monoisotopic (exact) mass is 320 g/mol. The van der Waals surface area contributed by atoms with Crippen molar-refractivity contribution in [1.29, 1.82) is 0 Å². The maximum Gasteiger partial charge on any atom is 0.0952 e. The fourth-order valence-electron chi connectivity index (χ4n) is 4.30. The largest absolute Gasteiger partial charge is 0.371 e. The van der Waals surface area contributed by atoms with Gasteiger partial charge in [-0.3, -0.25) is 4.90 Å². The van der Waals surface area contributed by atoms with Gasteiger partial charge in [0.15, 0.2) is 0 Å². The minimum Gasteiger partial charge on any atom is -0.371 e. The highest BCUT2D eigenvalue weighted by Crippen LogP contribution is 2.31. The molecule has 2 heterocycles. The number of nitrogens with one attached hydrogen (secondary N) is 1. The fourth-order valence-corrected chi connectivity index (χ4v) is 4.43. The second-order valence-electron chi connectivity index (χ2n) is 7.06. The Labute approximate surface area is 138 Å². The van der Waals surface area contributed by atoms with Crippen LogP contribution in [0.3, 0.4) is 0 Å². The molecule has 2 aliphatic heterocycles. The van der Waals surface area contributed by atoms with Crippen molar-refractivity contribution in [3.8, 4) is 0 Å². The van der Waals surface area contributed by atoms with Crippen LogP contribution in [0, 0.1) is 0 Å². The van der Waals surface area contributed by atoms with Crippen LogP contribution in [0.25, 0.3) is 0 Å². The molecule has 0 amide bonds. The molecule has 4 heteroatoms. The summed E-state index contributed by atoms with van der Waals surface area (Å²) in [4.78, 5) is 2.62. The second kappa shape index (κ2) is 6.48. The maximum absolute atomic E-state index is 6.12. The first-order valence-electron chi connectivity index (χ1n) is 8.65. The van der Waals surface area contributed by atoms with Crippen LogP contribution in [0.15, 0.2) is 24.3 Å². The Morgan fingerprint density at radius 3 is 2.59 bits per heavy atom. The van der Waals surface area contributed by atoms with Crippen molar-refractivity contribution in [3.63, 3.8) is 0 Å². The number of hydrogen-bond acceptors (Lipinski definition) is 3. The predicted octanol–water partition coefficient (Wildman–Crippen LogP) is 3.39. The Balaban J connectivity index is 1.36. The molecule has 1 saturated carbocycles. The van der Waals surface area contributed by atoms with Gasteiger partial charge < -0.3 is 10.1 Å². The molecule has 3 aliphatic rings. The third kappa shape index (κ3) is 3.18. The summed E-state index contributed by atoms with van der Waals surface area (Å²) in [7, 11) is 0. The van der Waals surface area contributed by atoms with Gasteiger partial charge in [0.1, 0.15) is 0 Å². The molecule has 0 radical (unpaired) electrons. The molecular formula is C18H25ClN2O. The zero-order valence-corrected chi connectivity index (χ0v) is 13.8. The average Bonchev–Trinajstić information content (AvgIpc) is 3.16. The predicted molar refractivity (Wildman–Crippen MR) is 89.3 cm³/mol. The van der Waals surface area contributed by atoms with Crippen molar-refractivity contribution in [2.75, 3.05) is 19.7 Å². The van der Waals surface area contributed by atoms with Crippen LogP contribution < -0.4 is 5.32 Å². The van der Waals surface area contributed by atoms with Crippen molar-refractivity contribution in [1.82, 2.24) is 10.2 Å². The topological polar surface area (TPSA) is 24.5 Å². The van der Waals surface area contributed by atoms with E-state index in [1.54, 1.807) is 0 Å². The van der Waals surface area contributed by atoms with Gasteiger partial charge in [-0.1, -0.05) is 36.6 Å². The molecule has 22 heavy (non-hydrogen) atoms. The molecule has 3 nitrogen and oxygen atoms in total. The molecule has 3 fully saturated rings. The zero-order chi connectivity index (χ0) is 14.9. The van der Waals surface area contributed by atoms with Crippen LogP contribution >= 0.6 is 11.6 Å². The number of fused-ring (bicyclic) bond motifs is 1. The van der Waals surface area contributed by atoms with Gasteiger partial charge in [0, 0.05) is 36.2 Å². The molecule has 0 spiro atoms. The van der Waals surface area contributed by atoms with Gasteiger partial charge in [-0.15, -0.1) is 0 Å². The third-order valence-corrected chi connectivity index (χ3v) is 5.74. The van der Waals surface area contributed by atoms with Crippen molar-refractivity contribution in [2.45, 2.75) is 56.3 Å². The van der Waals surface area contributed by atoms with Gasteiger partial charge >= 0.3 is 0 Å². The maximum atomic E-state index is 6.12. The van der Waals surface area contributed by atoms with Gasteiger partial charge in [-0.05, 0) is 37.0 Å². The molecular weight excluding hydrogens is 296 g/mol. The number of rotatable bonds is 3. The van der Waals surface area contributed by atoms with Gasteiger partial charge in [0.25, 0.3) is 0 Å². The van der Waals surface area contributed by atoms with Crippen LogP contribution in [0.4, 0.5) is 0 Å². The molecule has 1 N–H and O–H groups in total. The summed E-state index contributed by atoms with van der Waals surface area (Å²) in [6.45, 7) is 3.04. The van der Waals surface area contributed by atoms with Crippen LogP contribution in [0.5, 0.6) is 0 Å². The lowest BCUT2D eigenvalue weighted by Crippen LogP contribution is -2.43. The van der Waals surface area contributed by atoms with Crippen molar-refractivity contribution in [3.05, 3.63) is 34.9 Å². The molecule has 1 aliphatic carbocycles. The minimum absolute atomic E-state index is 0.193. The minimum atomic E-state index is 0.193. The van der Waals surface area contributed by atoms with Crippen LogP contribution in [-0.2, 0) is 4.74 Å². The van der Waals surface area contributed by atoms with E-state index < -0.39 is 0 Å². The van der Waals surface area contributed by atoms with E-state index in [1.807, 2.05) is 12.1 Å². The molecule has 2 saturated heterocycles. The highest BCUT2D eigenvalue weighted by Gasteiger charge is 2.38. The first kappa shape index (κ1) is 14.9. The highest BCUT2D eigenvalue weighted by molar-refractivity contribution is 6.30. The van der Waals surface area contributed by atoms with Gasteiger partial charge in [-0.25, -0.2) is 0 Å². The number of ether oxygens (including phenoxy) is 1. The number of morpholine rings is 1. The second-order valence-corrected chi connectivity index (χ2v) is 7.50. The molecule has 1 aromatic carbocycles. The van der Waals surface area contributed by atoms with Crippen molar-refractivity contribution >= 4 is 11.6 Å². The molecule has 1 aromatic rings. The Morgan fingerprint density at radius 1 is 1.05 bits per heavy atom. The van der Waals surface area contributed by atoms with Crippen LogP contribution in [-0.4, -0.2) is 42.7 Å². The van der Waals surface area contributed by atoms with E-state index in [4.69, 9.17) is 16.3 Å². The summed E-state index contributed by atoms with van der Waals surface area (Å²) in [5, 5.41) is 4.67. The zero-order valence-electron chi connectivity index (χ0n) is 13.0. The van der Waals surface area contributed by atoms with Crippen molar-refractivity contribution < 1.29 is 4.74 Å². The van der Waals surface area contributed by atoms with E-state index in [-0.39, 0.29) is 6.10 Å². The first-order valence-corrected chi connectivity index (χ1v) is 9.03. The van der Waals surface area contributed by atoms with Gasteiger partial charge in [-0.2, -0.15) is 0 Å². The van der Waals surface area contributed by atoms with E-state index in [2.05, 4.69) is 22.3 Å². The Morgan fingerprint density at radius 2 is 1.82 bits per heavy atom. The summed E-state index contributed by atoms with van der Waals surface area (Å²) in [6, 6.07) is 10.1. The molecule has 0 unspecified atom stereocenters. The van der Waals surface area contributed by atoms with Crippen LogP contribution in [0.1, 0.15) is 43.8 Å². The Kier molecular flexibility index (Phi) is 4.40. The number of hydrogen-bond donors (Lipinski definition) is 1. The van der Waals surface area contributed by atoms with Gasteiger partial charge in [0.2, 0.25) is 0 Å². The summed E-state index contributed by atoms with van der Waals surface area (Å²) in [5.74, 6) is 0. The standard InChI is InChI=1S/C18H25ClN2O/c19-14-7-5-13(6-8-14)18-11-21-10-16(9-17(21)12-22-18)20-15-3-1-2-4-15/h5-8,15-18,20H,1-4,9-12H2/t16-,17-,18+/m0/s1. The molecule has 120 valence electrons. The molecule has 3 atom stereocenters. The lowest BCUT2D eigenvalue weighted by molar-refractivity contribution is -0.0502. The van der Waals surface area contributed by atoms with E-state index >= 15 is 0 Å². The summed E-state index contributed by atoms with van der Waals surface area (Å²) >= 11 is 5.98. The lowest BCUT2D eigenvalue weighted by atomic mass is 10.1. The molecule has 0 bridgehead atoms. The highest BCUT2D eigenvalue weighted by atomic mass is 35.5. The van der Waals surface area contributed by atoms with Crippen LogP contribution in [0.2, 0.25) is 5.02 Å². The average molecular weight is 321 g/mol. The Bertz CT molecular complexity index is 500. The first-order chi connectivity index (χ1) is 10.8. The summed E-state index contributed by atoms with van der Waals surface area (Å²) < 4.78 is 6.12. The van der Waals surface area contributed by atoms with E-state index in [9.17, 15) is 0 Å². The van der Waals surface area contributed by atoms with Crippen molar-refractivity contribution in [2.24, 2.45) is 0 Å². The fraction of sp³-hybridized carbons (Fsp3) is 0.667. The third-order valence-electron chi connectivity index (χ3n) is 5.49. The lowest BCUT2D eigenvalue weighted by Gasteiger charge is -2.35. The number of halogens is 1. The smallest absolute Gasteiger partial charge is 0.0952 e. The van der Waals surface area contributed by atoms with E-state index in [0.717, 1.165) is 24.2 Å². The summed E-state index contributed by atoms with van der Waals surface area (Å²) in [5.41, 5.74) is 1.25. The van der Waals surface area contributed by atoms with E-state index in [0.29, 0.717) is 12.1 Å². The van der Waals surface area contributed by atoms with E-state index in [1.165, 1.54) is 44.2 Å². The number of nitrogens with zero attached hydrogens (tertiary/aromatic N) is 1. The Hall–Kier alpha value is -0.610. The number of benzene rings is 1. The molecule has 4 rings (SSSR count).